The maximum atomic E-state index is 12.5. The average Bonchev–Trinajstić information content (AvgIpc) is 2.47. The molecule has 0 heterocycles. The summed E-state index contributed by atoms with van der Waals surface area (Å²) in [5.74, 6) is -3.47. The van der Waals surface area contributed by atoms with Crippen LogP contribution in [0.3, 0.4) is 0 Å². The standard InChI is InChI=1S/C16H15NO7/c1-17(9-4-11(19)6-12(20)5-9)16(24)13-7-10(18)2-8(15(13)23)3-14(21)22/h2,4-7,18-20,23H,3H2,1H3,(H,21,22). The summed E-state index contributed by atoms with van der Waals surface area (Å²) >= 11 is 0. The zero-order valence-corrected chi connectivity index (χ0v) is 12.6. The number of anilines is 1. The number of carboxylic acids is 1. The van der Waals surface area contributed by atoms with Crippen molar-refractivity contribution in [3.05, 3.63) is 41.5 Å². The van der Waals surface area contributed by atoms with Crippen LogP contribution in [0.4, 0.5) is 5.69 Å². The average molecular weight is 333 g/mol. The summed E-state index contributed by atoms with van der Waals surface area (Å²) in [6.07, 6.45) is -0.572. The number of carbonyl (C=O) groups is 2. The van der Waals surface area contributed by atoms with Gasteiger partial charge in [-0.05, 0) is 12.1 Å². The van der Waals surface area contributed by atoms with Gasteiger partial charge in [0.15, 0.2) is 0 Å². The third-order valence-corrected chi connectivity index (χ3v) is 3.32. The van der Waals surface area contributed by atoms with Crippen molar-refractivity contribution in [2.24, 2.45) is 0 Å². The molecule has 24 heavy (non-hydrogen) atoms. The van der Waals surface area contributed by atoms with Gasteiger partial charge in [-0.1, -0.05) is 0 Å². The minimum atomic E-state index is -1.24. The quantitative estimate of drug-likeness (QED) is 0.533. The molecule has 0 aliphatic carbocycles. The molecule has 0 unspecified atom stereocenters. The van der Waals surface area contributed by atoms with E-state index in [1.807, 2.05) is 0 Å². The van der Waals surface area contributed by atoms with E-state index in [1.165, 1.54) is 19.2 Å². The van der Waals surface area contributed by atoms with Crippen LogP contribution in [0.25, 0.3) is 0 Å². The molecule has 5 N–H and O–H groups in total. The largest absolute Gasteiger partial charge is 0.508 e. The molecule has 0 fully saturated rings. The summed E-state index contributed by atoms with van der Waals surface area (Å²) in [5, 5.41) is 47.6. The highest BCUT2D eigenvalue weighted by Crippen LogP contribution is 2.32. The van der Waals surface area contributed by atoms with Gasteiger partial charge in [0.05, 0.1) is 17.7 Å². The number of carboxylic acid groups (broad SMARTS) is 1. The molecule has 2 rings (SSSR count). The van der Waals surface area contributed by atoms with Crippen molar-refractivity contribution in [3.63, 3.8) is 0 Å². The SMILES string of the molecule is CN(C(=O)c1cc(O)cc(CC(=O)O)c1O)c1cc(O)cc(O)c1. The molecule has 8 heteroatoms. The summed E-state index contributed by atoms with van der Waals surface area (Å²) in [6, 6.07) is 5.58. The molecule has 0 radical (unpaired) electrons. The van der Waals surface area contributed by atoms with Gasteiger partial charge in [-0.3, -0.25) is 9.59 Å². The van der Waals surface area contributed by atoms with Gasteiger partial charge >= 0.3 is 5.97 Å². The number of aliphatic carboxylic acids is 1. The summed E-state index contributed by atoms with van der Waals surface area (Å²) in [5.41, 5.74) is -0.283. The number of carbonyl (C=O) groups excluding carboxylic acids is 1. The van der Waals surface area contributed by atoms with Gasteiger partial charge in [0, 0.05) is 30.8 Å². The number of phenols is 4. The Balaban J connectivity index is 2.45. The molecule has 0 aromatic heterocycles. The first kappa shape index (κ1) is 16.9. The van der Waals surface area contributed by atoms with E-state index in [0.717, 1.165) is 23.1 Å². The summed E-state index contributed by atoms with van der Waals surface area (Å²) in [4.78, 5) is 24.3. The van der Waals surface area contributed by atoms with Crippen molar-refractivity contribution in [1.29, 1.82) is 0 Å². The van der Waals surface area contributed by atoms with Crippen LogP contribution in [0.1, 0.15) is 15.9 Å². The number of amides is 1. The van der Waals surface area contributed by atoms with Crippen molar-refractivity contribution in [1.82, 2.24) is 0 Å². The Morgan fingerprint density at radius 2 is 1.46 bits per heavy atom. The smallest absolute Gasteiger partial charge is 0.307 e. The lowest BCUT2D eigenvalue weighted by atomic mass is 10.0. The predicted octanol–water partition coefficient (Wildman–Crippen LogP) is 1.41. The molecule has 0 saturated carbocycles. The van der Waals surface area contributed by atoms with Crippen molar-refractivity contribution < 1.29 is 35.1 Å². The van der Waals surface area contributed by atoms with Gasteiger partial charge in [-0.15, -0.1) is 0 Å². The fourth-order valence-corrected chi connectivity index (χ4v) is 2.21. The van der Waals surface area contributed by atoms with Gasteiger partial charge < -0.3 is 30.4 Å². The van der Waals surface area contributed by atoms with Crippen LogP contribution < -0.4 is 4.90 Å². The first-order valence-electron chi connectivity index (χ1n) is 6.76. The highest BCUT2D eigenvalue weighted by atomic mass is 16.4. The molecule has 126 valence electrons. The lowest BCUT2D eigenvalue weighted by Crippen LogP contribution is -2.26. The van der Waals surface area contributed by atoms with E-state index < -0.39 is 24.0 Å². The molecule has 0 atom stereocenters. The topological polar surface area (TPSA) is 139 Å². The number of rotatable bonds is 4. The van der Waals surface area contributed by atoms with Crippen molar-refractivity contribution in [3.8, 4) is 23.0 Å². The van der Waals surface area contributed by atoms with Gasteiger partial charge in [-0.25, -0.2) is 0 Å². The number of phenolic OH excluding ortho intramolecular Hbond substituents is 4. The summed E-state index contributed by atoms with van der Waals surface area (Å²) in [6.45, 7) is 0. The fraction of sp³-hybridized carbons (Fsp3) is 0.125. The Labute approximate surface area is 136 Å². The second-order valence-corrected chi connectivity index (χ2v) is 5.14. The van der Waals surface area contributed by atoms with Crippen molar-refractivity contribution in [2.45, 2.75) is 6.42 Å². The van der Waals surface area contributed by atoms with Crippen LogP contribution in [0.15, 0.2) is 30.3 Å². The second-order valence-electron chi connectivity index (χ2n) is 5.14. The highest BCUT2D eigenvalue weighted by Gasteiger charge is 2.22. The van der Waals surface area contributed by atoms with E-state index in [-0.39, 0.29) is 34.1 Å². The van der Waals surface area contributed by atoms with Crippen LogP contribution in [0.2, 0.25) is 0 Å². The molecule has 2 aromatic rings. The van der Waals surface area contributed by atoms with Crippen LogP contribution >= 0.6 is 0 Å². The number of hydrogen-bond donors (Lipinski definition) is 5. The Kier molecular flexibility index (Phi) is 4.50. The normalized spacial score (nSPS) is 10.4. The molecule has 8 nitrogen and oxygen atoms in total. The van der Waals surface area contributed by atoms with E-state index in [0.29, 0.717) is 0 Å². The Bertz CT molecular complexity index is 796. The fourth-order valence-electron chi connectivity index (χ4n) is 2.21. The first-order valence-corrected chi connectivity index (χ1v) is 6.76. The van der Waals surface area contributed by atoms with Gasteiger partial charge in [0.2, 0.25) is 0 Å². The minimum Gasteiger partial charge on any atom is -0.508 e. The second kappa shape index (κ2) is 6.37. The van der Waals surface area contributed by atoms with Gasteiger partial charge in [-0.2, -0.15) is 0 Å². The first-order chi connectivity index (χ1) is 11.2. The Hall–Kier alpha value is -3.42. The van der Waals surface area contributed by atoms with E-state index in [2.05, 4.69) is 0 Å². The molecule has 0 spiro atoms. The maximum absolute atomic E-state index is 12.5. The predicted molar refractivity (Wildman–Crippen MR) is 83.6 cm³/mol. The summed E-state index contributed by atoms with van der Waals surface area (Å²) < 4.78 is 0. The molecular weight excluding hydrogens is 318 g/mol. The third-order valence-electron chi connectivity index (χ3n) is 3.32. The molecule has 0 aliphatic heterocycles. The minimum absolute atomic E-state index is 0.113. The van der Waals surface area contributed by atoms with Gasteiger partial charge in [0.25, 0.3) is 5.91 Å². The van der Waals surface area contributed by atoms with E-state index in [1.54, 1.807) is 0 Å². The van der Waals surface area contributed by atoms with E-state index in [4.69, 9.17) is 5.11 Å². The van der Waals surface area contributed by atoms with Crippen molar-refractivity contribution in [2.75, 3.05) is 11.9 Å². The lowest BCUT2D eigenvalue weighted by molar-refractivity contribution is -0.136. The number of benzene rings is 2. The van der Waals surface area contributed by atoms with Crippen LogP contribution in [0, 0.1) is 0 Å². The Morgan fingerprint density at radius 3 is 2.00 bits per heavy atom. The molecule has 1 amide bonds. The Morgan fingerprint density at radius 1 is 0.917 bits per heavy atom. The van der Waals surface area contributed by atoms with E-state index >= 15 is 0 Å². The van der Waals surface area contributed by atoms with Gasteiger partial charge in [0.1, 0.15) is 23.0 Å². The summed E-state index contributed by atoms with van der Waals surface area (Å²) in [7, 11) is 1.33. The van der Waals surface area contributed by atoms with E-state index in [9.17, 15) is 30.0 Å². The van der Waals surface area contributed by atoms with Crippen LogP contribution in [-0.2, 0) is 11.2 Å². The third kappa shape index (κ3) is 3.49. The molecule has 0 aliphatic rings. The van der Waals surface area contributed by atoms with Crippen LogP contribution in [-0.4, -0.2) is 44.5 Å². The maximum Gasteiger partial charge on any atom is 0.307 e. The molecule has 2 aromatic carbocycles. The zero-order valence-electron chi connectivity index (χ0n) is 12.6. The monoisotopic (exact) mass is 333 g/mol. The zero-order chi connectivity index (χ0) is 18.0. The highest BCUT2D eigenvalue weighted by molar-refractivity contribution is 6.08. The number of hydrogen-bond acceptors (Lipinski definition) is 6. The number of nitrogens with zero attached hydrogens (tertiary/aromatic N) is 1. The molecular formula is C16H15NO7. The van der Waals surface area contributed by atoms with Crippen LogP contribution in [0.5, 0.6) is 23.0 Å². The van der Waals surface area contributed by atoms with Crippen molar-refractivity contribution >= 4 is 17.6 Å². The lowest BCUT2D eigenvalue weighted by Gasteiger charge is -2.19. The molecule has 0 bridgehead atoms. The molecule has 0 saturated heterocycles. The number of aromatic hydroxyl groups is 4.